The van der Waals surface area contributed by atoms with Crippen LogP contribution in [0.2, 0.25) is 0 Å². The Bertz CT molecular complexity index is 1690. The Kier molecular flexibility index (Phi) is 10.5. The minimum atomic E-state index is -0.612. The van der Waals surface area contributed by atoms with Crippen LogP contribution in [0.3, 0.4) is 0 Å². The van der Waals surface area contributed by atoms with Crippen LogP contribution >= 0.6 is 12.4 Å². The number of fused-ring (bicyclic) bond motifs is 2. The Morgan fingerprint density at radius 1 is 0.756 bits per heavy atom. The van der Waals surface area contributed by atoms with E-state index < -0.39 is 5.41 Å². The Hall–Kier alpha value is -4.23. The van der Waals surface area contributed by atoms with Crippen molar-refractivity contribution >= 4 is 35.9 Å². The Labute approximate surface area is 274 Å². The molecule has 6 rings (SSSR count). The zero-order valence-corrected chi connectivity index (χ0v) is 26.9. The molecule has 0 bridgehead atoms. The number of hydrogen-bond acceptors (Lipinski definition) is 3. The van der Waals surface area contributed by atoms with Crippen molar-refractivity contribution in [3.63, 3.8) is 0 Å². The van der Waals surface area contributed by atoms with Gasteiger partial charge in [0, 0.05) is 24.2 Å². The zero-order chi connectivity index (χ0) is 30.4. The van der Waals surface area contributed by atoms with Crippen molar-refractivity contribution in [3.8, 4) is 6.07 Å². The molecule has 1 fully saturated rings. The molecular formula is C41H41ClN2O. The van der Waals surface area contributed by atoms with E-state index in [-0.39, 0.29) is 18.2 Å². The number of carbonyl (C=O) groups excluding carboxylic acids is 1. The molecule has 1 aliphatic heterocycles. The minimum absolute atomic E-state index is 0. The second-order valence-corrected chi connectivity index (χ2v) is 12.4. The number of halogens is 1. The number of likely N-dealkylation sites (tertiary alicyclic amines) is 1. The lowest BCUT2D eigenvalue weighted by Gasteiger charge is -2.30. The molecule has 4 heteroatoms. The van der Waals surface area contributed by atoms with E-state index in [2.05, 4.69) is 71.7 Å². The summed E-state index contributed by atoms with van der Waals surface area (Å²) in [7, 11) is 0. The van der Waals surface area contributed by atoms with E-state index in [1.54, 1.807) is 5.57 Å². The summed E-state index contributed by atoms with van der Waals surface area (Å²) in [4.78, 5) is 15.6. The summed E-state index contributed by atoms with van der Waals surface area (Å²) in [5, 5.41) is 10.2. The van der Waals surface area contributed by atoms with Crippen LogP contribution in [-0.2, 0) is 5.41 Å². The van der Waals surface area contributed by atoms with Crippen LogP contribution in [0.5, 0.6) is 0 Å². The van der Waals surface area contributed by atoms with Gasteiger partial charge in [-0.2, -0.15) is 5.26 Å². The maximum absolute atomic E-state index is 13.0. The number of nitrogens with zero attached hydrogens (tertiary/aromatic N) is 2. The van der Waals surface area contributed by atoms with Crippen molar-refractivity contribution in [1.82, 2.24) is 4.90 Å². The summed E-state index contributed by atoms with van der Waals surface area (Å²) >= 11 is 0. The predicted molar refractivity (Wildman–Crippen MR) is 189 cm³/mol. The lowest BCUT2D eigenvalue weighted by Crippen LogP contribution is -2.32. The van der Waals surface area contributed by atoms with E-state index in [0.29, 0.717) is 11.1 Å². The van der Waals surface area contributed by atoms with Crippen LogP contribution < -0.4 is 0 Å². The smallest absolute Gasteiger partial charge is 0.193 e. The Morgan fingerprint density at radius 3 is 2.00 bits per heavy atom. The SMILES string of the molecule is CC(C#N)(CCCCCN1CCC(=C2c3ccccc3C=Cc3ccccc32)CC1)c1cccc(C(=O)c2ccccc2)c1.Cl. The van der Waals surface area contributed by atoms with Crippen LogP contribution in [0.4, 0.5) is 0 Å². The van der Waals surface area contributed by atoms with Crippen molar-refractivity contribution in [2.75, 3.05) is 19.6 Å². The second-order valence-electron chi connectivity index (χ2n) is 12.4. The molecule has 0 N–H and O–H groups in total. The molecule has 1 unspecified atom stereocenters. The lowest BCUT2D eigenvalue weighted by atomic mass is 9.78. The van der Waals surface area contributed by atoms with Gasteiger partial charge in [0.15, 0.2) is 5.78 Å². The van der Waals surface area contributed by atoms with Gasteiger partial charge in [0.2, 0.25) is 0 Å². The highest BCUT2D eigenvalue weighted by molar-refractivity contribution is 6.09. The number of hydrogen-bond donors (Lipinski definition) is 0. The van der Waals surface area contributed by atoms with Crippen LogP contribution in [0.15, 0.2) is 109 Å². The summed E-state index contributed by atoms with van der Waals surface area (Å²) in [6.45, 7) is 5.29. The number of nitriles is 1. The van der Waals surface area contributed by atoms with Crippen molar-refractivity contribution < 1.29 is 4.79 Å². The maximum Gasteiger partial charge on any atom is 0.193 e. The summed E-state index contributed by atoms with van der Waals surface area (Å²) < 4.78 is 0. The fraction of sp³-hybridized carbons (Fsp3) is 0.268. The van der Waals surface area contributed by atoms with Gasteiger partial charge >= 0.3 is 0 Å². The summed E-state index contributed by atoms with van der Waals surface area (Å²) in [6.07, 6.45) is 10.7. The monoisotopic (exact) mass is 612 g/mol. The number of unbranched alkanes of at least 4 members (excludes halogenated alkanes) is 2. The molecule has 0 amide bonds. The van der Waals surface area contributed by atoms with Gasteiger partial charge in [-0.05, 0) is 78.6 Å². The first kappa shape index (κ1) is 32.2. The van der Waals surface area contributed by atoms with Crippen LogP contribution in [0.25, 0.3) is 17.7 Å². The van der Waals surface area contributed by atoms with Crippen molar-refractivity contribution in [3.05, 3.63) is 148 Å². The van der Waals surface area contributed by atoms with E-state index in [1.807, 2.05) is 61.5 Å². The molecule has 2 aliphatic rings. The van der Waals surface area contributed by atoms with Gasteiger partial charge in [-0.1, -0.05) is 128 Å². The third-order valence-electron chi connectivity index (χ3n) is 9.41. The normalized spacial score (nSPS) is 15.6. The summed E-state index contributed by atoms with van der Waals surface area (Å²) in [5.74, 6) is -0.00259. The van der Waals surface area contributed by atoms with Crippen LogP contribution in [0.1, 0.15) is 89.2 Å². The number of ketones is 1. The topological polar surface area (TPSA) is 44.1 Å². The van der Waals surface area contributed by atoms with E-state index in [1.165, 1.54) is 27.8 Å². The maximum atomic E-state index is 13.0. The van der Waals surface area contributed by atoms with Crippen molar-refractivity contribution in [2.24, 2.45) is 0 Å². The van der Waals surface area contributed by atoms with E-state index in [4.69, 9.17) is 0 Å². The predicted octanol–water partition coefficient (Wildman–Crippen LogP) is 9.76. The standard InChI is InChI=1S/C41H40N2O.ClH/c1-41(30-42,36-18-12-17-35(29-36)40(44)34-15-4-2-5-16-34)25-10-3-11-26-43-27-23-33(24-28-43)39-37-19-8-6-13-31(37)21-22-32-14-7-9-20-38(32)39;/h2,4-9,12-22,29H,3,10-11,23-28H2,1H3;1H. The molecule has 1 heterocycles. The first-order valence-electron chi connectivity index (χ1n) is 16.0. The van der Waals surface area contributed by atoms with Gasteiger partial charge in [0.05, 0.1) is 11.5 Å². The molecule has 228 valence electrons. The quantitative estimate of drug-likeness (QED) is 0.123. The fourth-order valence-corrected chi connectivity index (χ4v) is 6.76. The Balaban J connectivity index is 0.00000400. The summed E-state index contributed by atoms with van der Waals surface area (Å²) in [5.41, 5.74) is 9.94. The zero-order valence-electron chi connectivity index (χ0n) is 26.0. The molecule has 0 aromatic heterocycles. The van der Waals surface area contributed by atoms with E-state index in [0.717, 1.165) is 63.7 Å². The number of carbonyl (C=O) groups is 1. The lowest BCUT2D eigenvalue weighted by molar-refractivity contribution is 0.103. The fourth-order valence-electron chi connectivity index (χ4n) is 6.76. The second kappa shape index (κ2) is 14.7. The van der Waals surface area contributed by atoms with Crippen molar-refractivity contribution in [2.45, 2.75) is 50.9 Å². The average Bonchev–Trinajstić information content (AvgIpc) is 3.25. The molecule has 3 nitrogen and oxygen atoms in total. The molecular weight excluding hydrogens is 572 g/mol. The highest BCUT2D eigenvalue weighted by Gasteiger charge is 2.27. The van der Waals surface area contributed by atoms with Crippen LogP contribution in [-0.4, -0.2) is 30.3 Å². The molecule has 1 atom stereocenters. The molecule has 45 heavy (non-hydrogen) atoms. The molecule has 0 radical (unpaired) electrons. The molecule has 1 aliphatic carbocycles. The van der Waals surface area contributed by atoms with Gasteiger partial charge in [-0.15, -0.1) is 12.4 Å². The molecule has 0 saturated carbocycles. The third-order valence-corrected chi connectivity index (χ3v) is 9.41. The molecule has 1 saturated heterocycles. The third kappa shape index (κ3) is 7.20. The largest absolute Gasteiger partial charge is 0.303 e. The van der Waals surface area contributed by atoms with Crippen molar-refractivity contribution in [1.29, 1.82) is 5.26 Å². The van der Waals surface area contributed by atoms with Gasteiger partial charge in [0.25, 0.3) is 0 Å². The minimum Gasteiger partial charge on any atom is -0.303 e. The molecule has 4 aromatic rings. The number of piperidine rings is 1. The average molecular weight is 613 g/mol. The Morgan fingerprint density at radius 2 is 1.36 bits per heavy atom. The highest BCUT2D eigenvalue weighted by atomic mass is 35.5. The van der Waals surface area contributed by atoms with Gasteiger partial charge < -0.3 is 4.90 Å². The van der Waals surface area contributed by atoms with Crippen LogP contribution in [0, 0.1) is 11.3 Å². The van der Waals surface area contributed by atoms with E-state index >= 15 is 0 Å². The highest BCUT2D eigenvalue weighted by Crippen LogP contribution is 2.39. The first-order chi connectivity index (χ1) is 21.6. The number of benzene rings is 4. The number of rotatable bonds is 9. The van der Waals surface area contributed by atoms with Gasteiger partial charge in [0.1, 0.15) is 0 Å². The van der Waals surface area contributed by atoms with Gasteiger partial charge in [-0.25, -0.2) is 0 Å². The van der Waals surface area contributed by atoms with E-state index in [9.17, 15) is 10.1 Å². The summed E-state index contributed by atoms with van der Waals surface area (Å²) in [6, 6.07) is 37.2. The van der Waals surface area contributed by atoms with Gasteiger partial charge in [-0.3, -0.25) is 4.79 Å². The molecule has 4 aromatic carbocycles. The first-order valence-corrected chi connectivity index (χ1v) is 16.0. The molecule has 0 spiro atoms.